The number of amides is 1. The fourth-order valence-corrected chi connectivity index (χ4v) is 1.97. The molecule has 1 aliphatic heterocycles. The molecule has 1 saturated heterocycles. The fourth-order valence-electron chi connectivity index (χ4n) is 1.97. The van der Waals surface area contributed by atoms with Gasteiger partial charge in [0.25, 0.3) is 0 Å². The molecule has 1 aliphatic rings. The van der Waals surface area contributed by atoms with Crippen LogP contribution in [0.15, 0.2) is 0 Å². The highest BCUT2D eigenvalue weighted by Crippen LogP contribution is 2.10. The molecule has 1 heterocycles. The normalized spacial score (nSPS) is 20.6. The van der Waals surface area contributed by atoms with E-state index in [1.54, 1.807) is 25.7 Å². The molecule has 0 aromatic rings. The molecule has 0 aromatic carbocycles. The van der Waals surface area contributed by atoms with Gasteiger partial charge in [-0.15, -0.1) is 0 Å². The van der Waals surface area contributed by atoms with Crippen LogP contribution in [0.3, 0.4) is 0 Å². The van der Waals surface area contributed by atoms with Crippen LogP contribution in [0.25, 0.3) is 0 Å². The summed E-state index contributed by atoms with van der Waals surface area (Å²) in [6.45, 7) is 5.54. The molecule has 2 N–H and O–H groups in total. The summed E-state index contributed by atoms with van der Waals surface area (Å²) in [7, 11) is 0. The molecule has 0 bridgehead atoms. The van der Waals surface area contributed by atoms with Gasteiger partial charge in [0, 0.05) is 19.6 Å². The van der Waals surface area contributed by atoms with Crippen molar-refractivity contribution in [2.75, 3.05) is 39.6 Å². The van der Waals surface area contributed by atoms with Crippen LogP contribution in [0.4, 0.5) is 13.6 Å². The van der Waals surface area contributed by atoms with Crippen molar-refractivity contribution in [2.24, 2.45) is 0 Å². The summed E-state index contributed by atoms with van der Waals surface area (Å²) in [6, 6.07) is -0.713. The van der Waals surface area contributed by atoms with Crippen molar-refractivity contribution in [1.82, 2.24) is 15.8 Å². The van der Waals surface area contributed by atoms with E-state index in [0.717, 1.165) is 0 Å². The van der Waals surface area contributed by atoms with Gasteiger partial charge in [0.2, 0.25) is 0 Å². The van der Waals surface area contributed by atoms with E-state index < -0.39 is 31.1 Å². The number of rotatable bonds is 6. The van der Waals surface area contributed by atoms with Crippen molar-refractivity contribution >= 4 is 6.09 Å². The van der Waals surface area contributed by atoms with Gasteiger partial charge < -0.3 is 9.47 Å². The summed E-state index contributed by atoms with van der Waals surface area (Å²) in [5.74, 6) is 0. The number of nitrogens with one attached hydrogen (secondary N) is 2. The Balaban J connectivity index is 2.27. The molecule has 0 aromatic heterocycles. The number of carbonyl (C=O) groups is 1. The Hall–Kier alpha value is -0.990. The number of ether oxygens (including phenoxy) is 2. The molecule has 0 spiro atoms. The molecular formula is C13H25F2N3O3. The Labute approximate surface area is 124 Å². The fraction of sp³-hybridized carbons (Fsp3) is 0.923. The lowest BCUT2D eigenvalue weighted by Crippen LogP contribution is -2.53. The maximum atomic E-state index is 12.7. The summed E-state index contributed by atoms with van der Waals surface area (Å²) in [4.78, 5) is 13.1. The van der Waals surface area contributed by atoms with Gasteiger partial charge in [-0.05, 0) is 20.8 Å². The predicted octanol–water partition coefficient (Wildman–Crippen LogP) is 1.02. The second-order valence-corrected chi connectivity index (χ2v) is 5.96. The maximum absolute atomic E-state index is 12.7. The molecule has 1 fully saturated rings. The van der Waals surface area contributed by atoms with E-state index in [0.29, 0.717) is 26.2 Å². The zero-order chi connectivity index (χ0) is 15.9. The Morgan fingerprint density at radius 3 is 2.67 bits per heavy atom. The van der Waals surface area contributed by atoms with Crippen LogP contribution in [-0.2, 0) is 9.47 Å². The van der Waals surface area contributed by atoms with Crippen LogP contribution >= 0.6 is 0 Å². The third-order valence-electron chi connectivity index (χ3n) is 2.96. The number of morpholine rings is 1. The Morgan fingerprint density at radius 2 is 2.10 bits per heavy atom. The summed E-state index contributed by atoms with van der Waals surface area (Å²) < 4.78 is 35.9. The first-order chi connectivity index (χ1) is 9.85. The van der Waals surface area contributed by atoms with Gasteiger partial charge in [-0.3, -0.25) is 10.3 Å². The zero-order valence-electron chi connectivity index (χ0n) is 12.8. The molecular weight excluding hydrogens is 284 g/mol. The van der Waals surface area contributed by atoms with Gasteiger partial charge in [-0.2, -0.15) is 0 Å². The molecule has 1 unspecified atom stereocenters. The summed E-state index contributed by atoms with van der Waals surface area (Å²) in [6.07, 6.45) is -0.824. The van der Waals surface area contributed by atoms with Crippen molar-refractivity contribution in [3.63, 3.8) is 0 Å². The highest BCUT2D eigenvalue weighted by Gasteiger charge is 2.26. The highest BCUT2D eigenvalue weighted by atomic mass is 19.1. The number of hydrogen-bond donors (Lipinski definition) is 2. The van der Waals surface area contributed by atoms with Gasteiger partial charge in [-0.1, -0.05) is 0 Å². The molecule has 8 heteroatoms. The molecule has 1 rings (SSSR count). The van der Waals surface area contributed by atoms with Crippen molar-refractivity contribution in [2.45, 2.75) is 38.5 Å². The smallest absolute Gasteiger partial charge is 0.422 e. The molecule has 21 heavy (non-hydrogen) atoms. The summed E-state index contributed by atoms with van der Waals surface area (Å²) >= 11 is 0. The number of hydrogen-bond acceptors (Lipinski definition) is 5. The summed E-state index contributed by atoms with van der Waals surface area (Å²) in [5.41, 5.74) is 4.54. The average Bonchev–Trinajstić information content (AvgIpc) is 2.38. The van der Waals surface area contributed by atoms with E-state index in [-0.39, 0.29) is 6.10 Å². The van der Waals surface area contributed by atoms with E-state index in [2.05, 4.69) is 10.9 Å². The quantitative estimate of drug-likeness (QED) is 0.718. The third kappa shape index (κ3) is 7.01. The number of nitrogens with zero attached hydrogens (tertiary/aromatic N) is 1. The lowest BCUT2D eigenvalue weighted by molar-refractivity contribution is -0.0493. The molecule has 1 atom stereocenters. The monoisotopic (exact) mass is 309 g/mol. The standard InChI is InChI=1S/C13H25F2N3O3/c1-13(2,3)21-12(19)17-16-8-11-9-18(4-5-20-11)10(6-14)7-15/h10-11,16H,4-9H2,1-3H3,(H,17,19). The van der Waals surface area contributed by atoms with Crippen LogP contribution < -0.4 is 10.9 Å². The van der Waals surface area contributed by atoms with Gasteiger partial charge in [0.05, 0.1) is 18.8 Å². The Morgan fingerprint density at radius 1 is 1.43 bits per heavy atom. The SMILES string of the molecule is CC(C)(C)OC(=O)NNCC1CN(C(CF)CF)CCO1. The second kappa shape index (κ2) is 8.45. The van der Waals surface area contributed by atoms with E-state index in [1.807, 2.05) is 0 Å². The zero-order valence-corrected chi connectivity index (χ0v) is 12.8. The molecule has 0 radical (unpaired) electrons. The van der Waals surface area contributed by atoms with Gasteiger partial charge in [-0.25, -0.2) is 19.0 Å². The van der Waals surface area contributed by atoms with Crippen LogP contribution in [0, 0.1) is 0 Å². The number of hydrazine groups is 1. The molecule has 124 valence electrons. The minimum absolute atomic E-state index is 0.241. The lowest BCUT2D eigenvalue weighted by Gasteiger charge is -2.36. The number of alkyl halides is 2. The topological polar surface area (TPSA) is 62.8 Å². The summed E-state index contributed by atoms with van der Waals surface area (Å²) in [5, 5.41) is 0. The number of carbonyl (C=O) groups excluding carboxylic acids is 1. The first-order valence-corrected chi connectivity index (χ1v) is 7.05. The first-order valence-electron chi connectivity index (χ1n) is 7.05. The van der Waals surface area contributed by atoms with E-state index in [1.165, 1.54) is 0 Å². The first kappa shape index (κ1) is 18.1. The molecule has 0 aliphatic carbocycles. The van der Waals surface area contributed by atoms with Gasteiger partial charge in [0.15, 0.2) is 0 Å². The van der Waals surface area contributed by atoms with Crippen LogP contribution in [-0.4, -0.2) is 68.3 Å². The van der Waals surface area contributed by atoms with Crippen LogP contribution in [0.2, 0.25) is 0 Å². The Kier molecular flexibility index (Phi) is 7.27. The van der Waals surface area contributed by atoms with E-state index >= 15 is 0 Å². The second-order valence-electron chi connectivity index (χ2n) is 5.96. The van der Waals surface area contributed by atoms with Crippen LogP contribution in [0.1, 0.15) is 20.8 Å². The Bertz CT molecular complexity index is 322. The third-order valence-corrected chi connectivity index (χ3v) is 2.96. The van der Waals surface area contributed by atoms with Crippen molar-refractivity contribution in [3.8, 4) is 0 Å². The van der Waals surface area contributed by atoms with Crippen molar-refractivity contribution in [1.29, 1.82) is 0 Å². The van der Waals surface area contributed by atoms with Crippen LogP contribution in [0.5, 0.6) is 0 Å². The highest BCUT2D eigenvalue weighted by molar-refractivity contribution is 5.66. The van der Waals surface area contributed by atoms with Crippen molar-refractivity contribution in [3.05, 3.63) is 0 Å². The largest absolute Gasteiger partial charge is 0.443 e. The molecule has 0 saturated carbocycles. The van der Waals surface area contributed by atoms with E-state index in [4.69, 9.17) is 9.47 Å². The molecule has 6 nitrogen and oxygen atoms in total. The predicted molar refractivity (Wildman–Crippen MR) is 74.4 cm³/mol. The number of halogens is 2. The average molecular weight is 309 g/mol. The van der Waals surface area contributed by atoms with Gasteiger partial charge >= 0.3 is 6.09 Å². The molecule has 1 amide bonds. The lowest BCUT2D eigenvalue weighted by atomic mass is 10.2. The minimum Gasteiger partial charge on any atom is -0.443 e. The van der Waals surface area contributed by atoms with Gasteiger partial charge in [0.1, 0.15) is 19.0 Å². The minimum atomic E-state index is -0.715. The van der Waals surface area contributed by atoms with Crippen molar-refractivity contribution < 1.29 is 23.0 Å². The maximum Gasteiger partial charge on any atom is 0.422 e. The van der Waals surface area contributed by atoms with E-state index in [9.17, 15) is 13.6 Å².